The van der Waals surface area contributed by atoms with Crippen molar-refractivity contribution in [3.8, 4) is 0 Å². The highest BCUT2D eigenvalue weighted by Gasteiger charge is 2.27. The first kappa shape index (κ1) is 14.6. The van der Waals surface area contributed by atoms with E-state index in [0.29, 0.717) is 17.9 Å². The van der Waals surface area contributed by atoms with Gasteiger partial charge in [-0.1, -0.05) is 13.3 Å². The highest BCUT2D eigenvalue weighted by Crippen LogP contribution is 2.31. The minimum absolute atomic E-state index is 0.466. The molecule has 1 aromatic heterocycles. The summed E-state index contributed by atoms with van der Waals surface area (Å²) in [5.74, 6) is 2.87. The Morgan fingerprint density at radius 3 is 3.00 bits per heavy atom. The van der Waals surface area contributed by atoms with Crippen molar-refractivity contribution in [2.24, 2.45) is 0 Å². The van der Waals surface area contributed by atoms with Crippen LogP contribution in [0.3, 0.4) is 0 Å². The van der Waals surface area contributed by atoms with Crippen LogP contribution < -0.4 is 5.32 Å². The molecule has 106 valence electrons. The van der Waals surface area contributed by atoms with E-state index in [0.717, 1.165) is 17.3 Å². The third-order valence-electron chi connectivity index (χ3n) is 3.34. The molecule has 1 aromatic rings. The molecule has 0 aromatic carbocycles. The average Bonchev–Trinajstić information content (AvgIpc) is 2.77. The van der Waals surface area contributed by atoms with E-state index in [1.54, 1.807) is 7.11 Å². The van der Waals surface area contributed by atoms with E-state index in [4.69, 9.17) is 4.74 Å². The summed E-state index contributed by atoms with van der Waals surface area (Å²) in [6, 6.07) is 2.56. The number of methoxy groups -OCH3 is 1. The van der Waals surface area contributed by atoms with Gasteiger partial charge in [-0.05, 0) is 25.5 Å². The summed E-state index contributed by atoms with van der Waals surface area (Å²) < 4.78 is 5.11. The van der Waals surface area contributed by atoms with Crippen LogP contribution in [-0.4, -0.2) is 34.1 Å². The Balaban J connectivity index is 2.05. The molecule has 0 aliphatic heterocycles. The predicted molar refractivity (Wildman–Crippen MR) is 80.7 cm³/mol. The number of ether oxygens (including phenoxy) is 1. The maximum absolute atomic E-state index is 5.11. The predicted octanol–water partition coefficient (Wildman–Crippen LogP) is 3.02. The van der Waals surface area contributed by atoms with Crippen molar-refractivity contribution in [2.75, 3.05) is 18.2 Å². The molecular formula is C14H23N3OS. The molecule has 2 atom stereocenters. The maximum Gasteiger partial charge on any atom is 0.156 e. The van der Waals surface area contributed by atoms with Crippen LogP contribution in [0.5, 0.6) is 0 Å². The Morgan fingerprint density at radius 1 is 1.42 bits per heavy atom. The van der Waals surface area contributed by atoms with Gasteiger partial charge in [-0.3, -0.25) is 0 Å². The zero-order valence-electron chi connectivity index (χ0n) is 12.0. The van der Waals surface area contributed by atoms with Gasteiger partial charge in [0.2, 0.25) is 0 Å². The Labute approximate surface area is 119 Å². The lowest BCUT2D eigenvalue weighted by Crippen LogP contribution is -2.27. The lowest BCUT2D eigenvalue weighted by molar-refractivity contribution is 0.177. The Kier molecular flexibility index (Phi) is 5.45. The monoisotopic (exact) mass is 281 g/mol. The van der Waals surface area contributed by atoms with Gasteiger partial charge in [0.25, 0.3) is 0 Å². The minimum Gasteiger partial charge on any atom is -0.377 e. The van der Waals surface area contributed by atoms with Gasteiger partial charge in [-0.2, -0.15) is 11.8 Å². The van der Waals surface area contributed by atoms with E-state index in [9.17, 15) is 0 Å². The molecule has 2 unspecified atom stereocenters. The standard InChI is InChI=1S/C14H23N3OS/c1-4-19-12-7-5-6-11(12)16-13-8-10(2)15-14(17-13)9-18-3/h8,11-12H,4-7,9H2,1-3H3,(H,15,16,17). The second-order valence-corrected chi connectivity index (χ2v) is 6.44. The first-order chi connectivity index (χ1) is 9.22. The number of hydrogen-bond donors (Lipinski definition) is 1. The summed E-state index contributed by atoms with van der Waals surface area (Å²) in [5, 5.41) is 4.30. The molecule has 0 amide bonds. The van der Waals surface area contributed by atoms with E-state index in [1.807, 2.05) is 13.0 Å². The second kappa shape index (κ2) is 7.10. The summed E-state index contributed by atoms with van der Waals surface area (Å²) >= 11 is 2.05. The van der Waals surface area contributed by atoms with Gasteiger partial charge in [0, 0.05) is 30.2 Å². The topological polar surface area (TPSA) is 47.0 Å². The van der Waals surface area contributed by atoms with E-state index in [-0.39, 0.29) is 0 Å². The van der Waals surface area contributed by atoms with Crippen molar-refractivity contribution in [1.82, 2.24) is 9.97 Å². The molecule has 0 radical (unpaired) electrons. The molecule has 1 saturated carbocycles. The lowest BCUT2D eigenvalue weighted by atomic mass is 10.2. The Bertz CT molecular complexity index is 414. The summed E-state index contributed by atoms with van der Waals surface area (Å²) in [6.45, 7) is 4.69. The van der Waals surface area contributed by atoms with Gasteiger partial charge in [0.1, 0.15) is 12.4 Å². The molecule has 0 bridgehead atoms. The van der Waals surface area contributed by atoms with Crippen LogP contribution >= 0.6 is 11.8 Å². The molecule has 1 aliphatic carbocycles. The summed E-state index contributed by atoms with van der Waals surface area (Å²) in [4.78, 5) is 8.90. The van der Waals surface area contributed by atoms with Crippen LogP contribution in [-0.2, 0) is 11.3 Å². The van der Waals surface area contributed by atoms with E-state index in [1.165, 1.54) is 25.0 Å². The number of nitrogens with one attached hydrogen (secondary N) is 1. The SMILES string of the molecule is CCSC1CCCC1Nc1cc(C)nc(COC)n1. The number of aryl methyl sites for hydroxylation is 1. The second-order valence-electron chi connectivity index (χ2n) is 4.92. The fourth-order valence-electron chi connectivity index (χ4n) is 2.59. The quantitative estimate of drug-likeness (QED) is 0.868. The van der Waals surface area contributed by atoms with E-state index in [2.05, 4.69) is 34.0 Å². The molecule has 19 heavy (non-hydrogen) atoms. The number of hydrogen-bond acceptors (Lipinski definition) is 5. The van der Waals surface area contributed by atoms with Crippen LogP contribution in [0.4, 0.5) is 5.82 Å². The average molecular weight is 281 g/mol. The highest BCUT2D eigenvalue weighted by molar-refractivity contribution is 7.99. The van der Waals surface area contributed by atoms with Crippen LogP contribution in [0.25, 0.3) is 0 Å². The fourth-order valence-corrected chi connectivity index (χ4v) is 3.79. The van der Waals surface area contributed by atoms with Crippen molar-refractivity contribution in [3.05, 3.63) is 17.6 Å². The fraction of sp³-hybridized carbons (Fsp3) is 0.714. The van der Waals surface area contributed by atoms with Gasteiger partial charge in [-0.25, -0.2) is 9.97 Å². The van der Waals surface area contributed by atoms with Crippen LogP contribution in [0.2, 0.25) is 0 Å². The number of aromatic nitrogens is 2. The van der Waals surface area contributed by atoms with Gasteiger partial charge in [0.15, 0.2) is 5.82 Å². The summed E-state index contributed by atoms with van der Waals surface area (Å²) in [6.07, 6.45) is 3.86. The van der Waals surface area contributed by atoms with Crippen molar-refractivity contribution in [3.63, 3.8) is 0 Å². The number of thioether (sulfide) groups is 1. The molecule has 1 heterocycles. The highest BCUT2D eigenvalue weighted by atomic mass is 32.2. The van der Waals surface area contributed by atoms with E-state index < -0.39 is 0 Å². The molecule has 4 nitrogen and oxygen atoms in total. The van der Waals surface area contributed by atoms with Crippen LogP contribution in [0, 0.1) is 6.92 Å². The Hall–Kier alpha value is -0.810. The molecule has 2 rings (SSSR count). The minimum atomic E-state index is 0.466. The molecular weight excluding hydrogens is 258 g/mol. The largest absolute Gasteiger partial charge is 0.377 e. The van der Waals surface area contributed by atoms with Gasteiger partial charge in [-0.15, -0.1) is 0 Å². The van der Waals surface area contributed by atoms with E-state index >= 15 is 0 Å². The zero-order valence-corrected chi connectivity index (χ0v) is 12.8. The summed E-state index contributed by atoms with van der Waals surface area (Å²) in [7, 11) is 1.67. The number of nitrogens with zero attached hydrogens (tertiary/aromatic N) is 2. The maximum atomic E-state index is 5.11. The number of anilines is 1. The first-order valence-electron chi connectivity index (χ1n) is 6.94. The van der Waals surface area contributed by atoms with Crippen molar-refractivity contribution >= 4 is 17.6 Å². The zero-order chi connectivity index (χ0) is 13.7. The molecule has 5 heteroatoms. The van der Waals surface area contributed by atoms with Gasteiger partial charge < -0.3 is 10.1 Å². The van der Waals surface area contributed by atoms with Crippen LogP contribution in [0.15, 0.2) is 6.07 Å². The van der Waals surface area contributed by atoms with Crippen LogP contribution in [0.1, 0.15) is 37.7 Å². The normalized spacial score (nSPS) is 22.7. The molecule has 1 N–H and O–H groups in total. The third-order valence-corrected chi connectivity index (χ3v) is 4.67. The third kappa shape index (κ3) is 4.08. The molecule has 0 spiro atoms. The van der Waals surface area contributed by atoms with Crippen molar-refractivity contribution in [1.29, 1.82) is 0 Å². The molecule has 0 saturated heterocycles. The first-order valence-corrected chi connectivity index (χ1v) is 7.99. The Morgan fingerprint density at radius 2 is 2.26 bits per heavy atom. The molecule has 1 fully saturated rings. The van der Waals surface area contributed by atoms with Crippen molar-refractivity contribution in [2.45, 2.75) is 51.0 Å². The van der Waals surface area contributed by atoms with Gasteiger partial charge in [0.05, 0.1) is 0 Å². The van der Waals surface area contributed by atoms with Crippen molar-refractivity contribution < 1.29 is 4.74 Å². The lowest BCUT2D eigenvalue weighted by Gasteiger charge is -2.21. The summed E-state index contributed by atoms with van der Waals surface area (Å²) in [5.41, 5.74) is 0.988. The van der Waals surface area contributed by atoms with Gasteiger partial charge >= 0.3 is 0 Å². The smallest absolute Gasteiger partial charge is 0.156 e. The number of rotatable bonds is 6. The molecule has 1 aliphatic rings.